The molecule has 0 aliphatic carbocycles. The van der Waals surface area contributed by atoms with Crippen molar-refractivity contribution >= 4 is 5.91 Å². The molecule has 0 spiro atoms. The Bertz CT molecular complexity index is 446. The number of amides is 1. The molecule has 0 radical (unpaired) electrons. The van der Waals surface area contributed by atoms with Crippen molar-refractivity contribution in [1.29, 1.82) is 0 Å². The van der Waals surface area contributed by atoms with Crippen molar-refractivity contribution in [2.75, 3.05) is 19.7 Å². The SMILES string of the molecule is C=CCOc1ccc(C(=O)N(CC)CC(C)(C)O)cc1. The molecule has 1 amide bonds. The Hall–Kier alpha value is -1.81. The van der Waals surface area contributed by atoms with Gasteiger partial charge in [0, 0.05) is 18.7 Å². The largest absolute Gasteiger partial charge is 0.490 e. The van der Waals surface area contributed by atoms with Crippen LogP contribution in [-0.4, -0.2) is 41.2 Å². The topological polar surface area (TPSA) is 49.8 Å². The van der Waals surface area contributed by atoms with Crippen molar-refractivity contribution in [2.24, 2.45) is 0 Å². The maximum Gasteiger partial charge on any atom is 0.253 e. The number of hydrogen-bond acceptors (Lipinski definition) is 3. The number of nitrogens with zero attached hydrogens (tertiary/aromatic N) is 1. The highest BCUT2D eigenvalue weighted by Gasteiger charge is 2.22. The van der Waals surface area contributed by atoms with Gasteiger partial charge in [0.15, 0.2) is 0 Å². The third-order valence-corrected chi connectivity index (χ3v) is 2.72. The summed E-state index contributed by atoms with van der Waals surface area (Å²) in [5, 5.41) is 9.83. The van der Waals surface area contributed by atoms with E-state index in [9.17, 15) is 9.90 Å². The second-order valence-electron chi connectivity index (χ2n) is 5.26. The first-order valence-corrected chi connectivity index (χ1v) is 6.73. The van der Waals surface area contributed by atoms with Gasteiger partial charge >= 0.3 is 0 Å². The molecule has 0 bridgehead atoms. The first kappa shape index (κ1) is 16.2. The lowest BCUT2D eigenvalue weighted by Crippen LogP contribution is -2.42. The van der Waals surface area contributed by atoms with Crippen LogP contribution in [0.3, 0.4) is 0 Å². The number of rotatable bonds is 7. The summed E-state index contributed by atoms with van der Waals surface area (Å²) in [4.78, 5) is 14.0. The van der Waals surface area contributed by atoms with E-state index in [0.717, 1.165) is 0 Å². The molecule has 0 saturated carbocycles. The highest BCUT2D eigenvalue weighted by Crippen LogP contribution is 2.15. The standard InChI is InChI=1S/C16H23NO3/c1-5-11-20-14-9-7-13(8-10-14)15(18)17(6-2)12-16(3,4)19/h5,7-10,19H,1,6,11-12H2,2-4H3. The molecule has 0 aliphatic rings. The minimum absolute atomic E-state index is 0.0927. The summed E-state index contributed by atoms with van der Waals surface area (Å²) >= 11 is 0. The summed E-state index contributed by atoms with van der Waals surface area (Å²) in [6, 6.07) is 6.98. The van der Waals surface area contributed by atoms with Gasteiger partial charge in [0.1, 0.15) is 12.4 Å². The van der Waals surface area contributed by atoms with Crippen molar-refractivity contribution in [3.8, 4) is 5.75 Å². The molecule has 1 rings (SSSR count). The molecule has 4 nitrogen and oxygen atoms in total. The molecule has 4 heteroatoms. The van der Waals surface area contributed by atoms with Gasteiger partial charge in [-0.05, 0) is 45.0 Å². The monoisotopic (exact) mass is 277 g/mol. The zero-order valence-corrected chi connectivity index (χ0v) is 12.4. The summed E-state index contributed by atoms with van der Waals surface area (Å²) in [5.74, 6) is 0.608. The molecule has 0 heterocycles. The summed E-state index contributed by atoms with van der Waals surface area (Å²) in [5.41, 5.74) is -0.319. The normalized spacial score (nSPS) is 11.0. The third kappa shape index (κ3) is 5.05. The predicted molar refractivity (Wildman–Crippen MR) is 80.0 cm³/mol. The van der Waals surface area contributed by atoms with Gasteiger partial charge in [0.25, 0.3) is 5.91 Å². The fraction of sp³-hybridized carbons (Fsp3) is 0.438. The molecule has 1 N–H and O–H groups in total. The fourth-order valence-corrected chi connectivity index (χ4v) is 1.83. The number of ether oxygens (including phenoxy) is 1. The van der Waals surface area contributed by atoms with E-state index in [-0.39, 0.29) is 5.91 Å². The number of hydrogen-bond donors (Lipinski definition) is 1. The van der Waals surface area contributed by atoms with Crippen molar-refractivity contribution < 1.29 is 14.6 Å². The first-order chi connectivity index (χ1) is 9.37. The van der Waals surface area contributed by atoms with Crippen LogP contribution in [0, 0.1) is 0 Å². The maximum atomic E-state index is 12.3. The van der Waals surface area contributed by atoms with Gasteiger partial charge in [-0.25, -0.2) is 0 Å². The zero-order chi connectivity index (χ0) is 15.2. The van der Waals surface area contributed by atoms with Crippen molar-refractivity contribution in [3.05, 3.63) is 42.5 Å². The Kier molecular flexibility index (Phi) is 5.77. The van der Waals surface area contributed by atoms with Gasteiger partial charge in [0.05, 0.1) is 5.60 Å². The average Bonchev–Trinajstić information content (AvgIpc) is 2.41. The van der Waals surface area contributed by atoms with Crippen LogP contribution < -0.4 is 4.74 Å². The summed E-state index contributed by atoms with van der Waals surface area (Å²) in [6.45, 7) is 10.1. The second-order valence-corrected chi connectivity index (χ2v) is 5.26. The maximum absolute atomic E-state index is 12.3. The Morgan fingerprint density at radius 1 is 1.40 bits per heavy atom. The van der Waals surface area contributed by atoms with E-state index < -0.39 is 5.60 Å². The zero-order valence-electron chi connectivity index (χ0n) is 12.4. The lowest BCUT2D eigenvalue weighted by molar-refractivity contribution is 0.0314. The van der Waals surface area contributed by atoms with Crippen LogP contribution in [-0.2, 0) is 0 Å². The molecule has 110 valence electrons. The lowest BCUT2D eigenvalue weighted by Gasteiger charge is -2.28. The predicted octanol–water partition coefficient (Wildman–Crippen LogP) is 2.48. The Labute approximate surface area is 120 Å². The number of carbonyl (C=O) groups excluding carboxylic acids is 1. The molecule has 0 saturated heterocycles. The van der Waals surface area contributed by atoms with Crippen LogP contribution >= 0.6 is 0 Å². The molecule has 0 aromatic heterocycles. The average molecular weight is 277 g/mol. The Morgan fingerprint density at radius 3 is 2.45 bits per heavy atom. The van der Waals surface area contributed by atoms with E-state index in [1.165, 1.54) is 0 Å². The van der Waals surface area contributed by atoms with Crippen LogP contribution in [0.25, 0.3) is 0 Å². The van der Waals surface area contributed by atoms with Gasteiger partial charge in [-0.15, -0.1) is 0 Å². The fourth-order valence-electron chi connectivity index (χ4n) is 1.83. The van der Waals surface area contributed by atoms with Crippen LogP contribution in [0.4, 0.5) is 0 Å². The van der Waals surface area contributed by atoms with Gasteiger partial charge < -0.3 is 14.7 Å². The van der Waals surface area contributed by atoms with E-state index in [0.29, 0.717) is 31.0 Å². The summed E-state index contributed by atoms with van der Waals surface area (Å²) in [6.07, 6.45) is 1.67. The molecule has 0 atom stereocenters. The van der Waals surface area contributed by atoms with Gasteiger partial charge in [0.2, 0.25) is 0 Å². The van der Waals surface area contributed by atoms with Crippen LogP contribution in [0.5, 0.6) is 5.75 Å². The van der Waals surface area contributed by atoms with Crippen molar-refractivity contribution in [3.63, 3.8) is 0 Å². The number of aliphatic hydroxyl groups is 1. The summed E-state index contributed by atoms with van der Waals surface area (Å²) < 4.78 is 5.37. The number of likely N-dealkylation sites (N-methyl/N-ethyl adjacent to an activating group) is 1. The van der Waals surface area contributed by atoms with E-state index in [1.807, 2.05) is 6.92 Å². The van der Waals surface area contributed by atoms with E-state index >= 15 is 0 Å². The second kappa shape index (κ2) is 7.10. The van der Waals surface area contributed by atoms with Crippen LogP contribution in [0.1, 0.15) is 31.1 Å². The molecule has 0 fully saturated rings. The molecular formula is C16H23NO3. The molecule has 0 aliphatic heterocycles. The van der Waals surface area contributed by atoms with Crippen molar-refractivity contribution in [1.82, 2.24) is 4.90 Å². The minimum Gasteiger partial charge on any atom is -0.490 e. The van der Waals surface area contributed by atoms with Crippen LogP contribution in [0.2, 0.25) is 0 Å². The number of carbonyl (C=O) groups is 1. The van der Waals surface area contributed by atoms with E-state index in [1.54, 1.807) is 49.1 Å². The summed E-state index contributed by atoms with van der Waals surface area (Å²) in [7, 11) is 0. The molecule has 20 heavy (non-hydrogen) atoms. The van der Waals surface area contributed by atoms with Gasteiger partial charge in [-0.3, -0.25) is 4.79 Å². The highest BCUT2D eigenvalue weighted by atomic mass is 16.5. The van der Waals surface area contributed by atoms with E-state index in [2.05, 4.69) is 6.58 Å². The van der Waals surface area contributed by atoms with Gasteiger partial charge in [-0.2, -0.15) is 0 Å². The molecular weight excluding hydrogens is 254 g/mol. The molecule has 0 unspecified atom stereocenters. The van der Waals surface area contributed by atoms with Gasteiger partial charge in [-0.1, -0.05) is 12.7 Å². The van der Waals surface area contributed by atoms with Crippen LogP contribution in [0.15, 0.2) is 36.9 Å². The molecule has 1 aromatic rings. The molecule has 1 aromatic carbocycles. The Morgan fingerprint density at radius 2 is 2.00 bits per heavy atom. The lowest BCUT2D eigenvalue weighted by atomic mass is 10.1. The highest BCUT2D eigenvalue weighted by molar-refractivity contribution is 5.94. The quantitative estimate of drug-likeness (QED) is 0.779. The van der Waals surface area contributed by atoms with E-state index in [4.69, 9.17) is 4.74 Å². The number of benzene rings is 1. The van der Waals surface area contributed by atoms with Crippen molar-refractivity contribution in [2.45, 2.75) is 26.4 Å². The first-order valence-electron chi connectivity index (χ1n) is 6.73. The third-order valence-electron chi connectivity index (χ3n) is 2.72. The minimum atomic E-state index is -0.904. The Balaban J connectivity index is 2.77. The smallest absolute Gasteiger partial charge is 0.253 e.